The Kier molecular flexibility index (Phi) is 5.00. The van der Waals surface area contributed by atoms with E-state index in [1.54, 1.807) is 0 Å². The Balaban J connectivity index is 1.96. The molecule has 1 fully saturated rings. The molecule has 0 aromatic heterocycles. The molecule has 2 atom stereocenters. The van der Waals surface area contributed by atoms with E-state index in [1.165, 1.54) is 0 Å². The Labute approximate surface area is 125 Å². The summed E-state index contributed by atoms with van der Waals surface area (Å²) in [5.41, 5.74) is 1.14. The van der Waals surface area contributed by atoms with E-state index in [-0.39, 0.29) is 18.8 Å². The molecule has 6 nitrogen and oxygen atoms in total. The number of hydrogen-bond donors (Lipinski definition) is 1. The molecule has 0 spiro atoms. The van der Waals surface area contributed by atoms with Crippen molar-refractivity contribution in [1.82, 2.24) is 0 Å². The summed E-state index contributed by atoms with van der Waals surface area (Å²) in [5.74, 6) is -0.689. The van der Waals surface area contributed by atoms with Crippen LogP contribution >= 0.6 is 0 Å². The van der Waals surface area contributed by atoms with Crippen molar-refractivity contribution >= 4 is 10.3 Å². The number of hydrogen-bond acceptors (Lipinski definition) is 5. The average Bonchev–Trinajstić information content (AvgIpc) is 2.63. The number of ether oxygens (including phenoxy) is 2. The molecule has 1 heterocycles. The predicted octanol–water partition coefficient (Wildman–Crippen LogP) is 1.36. The summed E-state index contributed by atoms with van der Waals surface area (Å²) in [6.07, 6.45) is 0.718. The normalized spacial score (nSPS) is 25.1. The molecular formula is C14H21NO5S. The van der Waals surface area contributed by atoms with Crippen LogP contribution in [0.5, 0.6) is 0 Å². The molecule has 1 saturated heterocycles. The highest BCUT2D eigenvalue weighted by atomic mass is 32.2. The van der Waals surface area contributed by atoms with Gasteiger partial charge in [-0.2, -0.15) is 8.42 Å². The highest BCUT2D eigenvalue weighted by Crippen LogP contribution is 2.31. The van der Waals surface area contributed by atoms with E-state index >= 15 is 0 Å². The third-order valence-electron chi connectivity index (χ3n) is 3.21. The van der Waals surface area contributed by atoms with Crippen LogP contribution in [0.1, 0.15) is 25.8 Å². The van der Waals surface area contributed by atoms with Gasteiger partial charge in [-0.15, -0.1) is 0 Å². The van der Waals surface area contributed by atoms with Crippen LogP contribution < -0.4 is 5.14 Å². The first-order chi connectivity index (χ1) is 9.75. The van der Waals surface area contributed by atoms with Crippen LogP contribution in [0.2, 0.25) is 0 Å². The van der Waals surface area contributed by atoms with Crippen molar-refractivity contribution in [2.45, 2.75) is 44.7 Å². The van der Waals surface area contributed by atoms with Crippen molar-refractivity contribution in [1.29, 1.82) is 0 Å². The van der Waals surface area contributed by atoms with Crippen LogP contribution in [-0.2, 0) is 30.4 Å². The van der Waals surface area contributed by atoms with Gasteiger partial charge in [-0.05, 0) is 19.4 Å². The van der Waals surface area contributed by atoms with Crippen LogP contribution in [0.3, 0.4) is 0 Å². The van der Waals surface area contributed by atoms with Crippen molar-refractivity contribution < 1.29 is 22.1 Å². The van der Waals surface area contributed by atoms with E-state index in [1.807, 2.05) is 44.2 Å². The molecule has 2 N–H and O–H groups in total. The van der Waals surface area contributed by atoms with Crippen molar-refractivity contribution in [2.75, 3.05) is 6.61 Å². The zero-order chi connectivity index (χ0) is 15.5. The highest BCUT2D eigenvalue weighted by molar-refractivity contribution is 7.84. The van der Waals surface area contributed by atoms with E-state index < -0.39 is 16.1 Å². The largest absolute Gasteiger partial charge is 0.344 e. The van der Waals surface area contributed by atoms with Crippen LogP contribution in [0, 0.1) is 0 Å². The first-order valence-corrected chi connectivity index (χ1v) is 8.29. The van der Waals surface area contributed by atoms with Crippen LogP contribution in [-0.4, -0.2) is 33.0 Å². The van der Waals surface area contributed by atoms with Gasteiger partial charge in [0.15, 0.2) is 5.79 Å². The lowest BCUT2D eigenvalue weighted by Gasteiger charge is -2.16. The lowest BCUT2D eigenvalue weighted by Crippen LogP contribution is -2.27. The van der Waals surface area contributed by atoms with Crippen molar-refractivity contribution in [3.05, 3.63) is 35.9 Å². The molecule has 7 heteroatoms. The van der Waals surface area contributed by atoms with Crippen molar-refractivity contribution in [2.24, 2.45) is 5.14 Å². The van der Waals surface area contributed by atoms with Gasteiger partial charge >= 0.3 is 10.3 Å². The monoisotopic (exact) mass is 315 g/mol. The second-order valence-electron chi connectivity index (χ2n) is 5.51. The van der Waals surface area contributed by atoms with Crippen molar-refractivity contribution in [3.63, 3.8) is 0 Å². The van der Waals surface area contributed by atoms with Gasteiger partial charge in [0.25, 0.3) is 0 Å². The lowest BCUT2D eigenvalue weighted by atomic mass is 10.0. The summed E-state index contributed by atoms with van der Waals surface area (Å²) in [7, 11) is -3.92. The van der Waals surface area contributed by atoms with Gasteiger partial charge in [0.05, 0.1) is 18.8 Å². The average molecular weight is 315 g/mol. The maximum absolute atomic E-state index is 10.8. The quantitative estimate of drug-likeness (QED) is 0.856. The van der Waals surface area contributed by atoms with E-state index in [9.17, 15) is 8.42 Å². The summed E-state index contributed by atoms with van der Waals surface area (Å²) in [4.78, 5) is 0. The number of nitrogens with two attached hydrogens (primary N) is 1. The molecule has 1 aliphatic heterocycles. The zero-order valence-corrected chi connectivity index (χ0v) is 13.0. The standard InChI is InChI=1S/C14H21NO5S/c1-14(2)19-12(8-9-18-21(15,16)17)13(20-14)10-11-6-4-3-5-7-11/h3-7,12-13H,8-10H2,1-2H3,(H2,15,16,17). The Bertz CT molecular complexity index is 558. The molecular weight excluding hydrogens is 294 g/mol. The predicted molar refractivity (Wildman–Crippen MR) is 77.6 cm³/mol. The first-order valence-electron chi connectivity index (χ1n) is 6.82. The fourth-order valence-electron chi connectivity index (χ4n) is 2.45. The SMILES string of the molecule is CC1(C)OC(CCOS(N)(=O)=O)C(Cc2ccccc2)O1. The fourth-order valence-corrected chi connectivity index (χ4v) is 2.78. The molecule has 1 aromatic carbocycles. The molecule has 0 saturated carbocycles. The van der Waals surface area contributed by atoms with Gasteiger partial charge in [0, 0.05) is 12.8 Å². The van der Waals surface area contributed by atoms with Crippen LogP contribution in [0.4, 0.5) is 0 Å². The summed E-state index contributed by atoms with van der Waals surface area (Å²) in [6.45, 7) is 3.66. The summed E-state index contributed by atoms with van der Waals surface area (Å²) >= 11 is 0. The summed E-state index contributed by atoms with van der Waals surface area (Å²) in [5, 5.41) is 4.81. The first kappa shape index (κ1) is 16.4. The third kappa shape index (κ3) is 5.37. The smallest absolute Gasteiger partial charge is 0.333 e. The van der Waals surface area contributed by atoms with E-state index in [4.69, 9.17) is 14.6 Å². The molecule has 1 aromatic rings. The Morgan fingerprint density at radius 2 is 1.81 bits per heavy atom. The molecule has 118 valence electrons. The molecule has 2 unspecified atom stereocenters. The summed E-state index contributed by atoms with van der Waals surface area (Å²) in [6, 6.07) is 9.93. The van der Waals surface area contributed by atoms with E-state index in [0.29, 0.717) is 12.8 Å². The van der Waals surface area contributed by atoms with Gasteiger partial charge < -0.3 is 9.47 Å². The van der Waals surface area contributed by atoms with Gasteiger partial charge in [-0.3, -0.25) is 4.18 Å². The second-order valence-corrected chi connectivity index (χ2v) is 6.73. The molecule has 0 bridgehead atoms. The Morgan fingerprint density at radius 3 is 2.43 bits per heavy atom. The van der Waals surface area contributed by atoms with Gasteiger partial charge in [-0.1, -0.05) is 30.3 Å². The maximum atomic E-state index is 10.8. The molecule has 2 rings (SSSR count). The number of benzene rings is 1. The Morgan fingerprint density at radius 1 is 1.19 bits per heavy atom. The van der Waals surface area contributed by atoms with Gasteiger partial charge in [0.2, 0.25) is 0 Å². The fraction of sp³-hybridized carbons (Fsp3) is 0.571. The van der Waals surface area contributed by atoms with Gasteiger partial charge in [0.1, 0.15) is 0 Å². The molecule has 21 heavy (non-hydrogen) atoms. The Hall–Kier alpha value is -0.990. The van der Waals surface area contributed by atoms with Gasteiger partial charge in [-0.25, -0.2) is 5.14 Å². The minimum atomic E-state index is -3.92. The number of rotatable bonds is 6. The maximum Gasteiger partial charge on any atom is 0.333 e. The summed E-state index contributed by atoms with van der Waals surface area (Å²) < 4.78 is 37.8. The zero-order valence-electron chi connectivity index (χ0n) is 12.2. The molecule has 1 aliphatic rings. The third-order valence-corrected chi connectivity index (χ3v) is 3.71. The van der Waals surface area contributed by atoms with Crippen LogP contribution in [0.15, 0.2) is 30.3 Å². The van der Waals surface area contributed by atoms with E-state index in [0.717, 1.165) is 5.56 Å². The lowest BCUT2D eigenvalue weighted by molar-refractivity contribution is -0.146. The van der Waals surface area contributed by atoms with Crippen LogP contribution in [0.25, 0.3) is 0 Å². The van der Waals surface area contributed by atoms with E-state index in [2.05, 4.69) is 4.18 Å². The van der Waals surface area contributed by atoms with Crippen molar-refractivity contribution in [3.8, 4) is 0 Å². The molecule has 0 radical (unpaired) electrons. The minimum Gasteiger partial charge on any atom is -0.344 e. The minimum absolute atomic E-state index is 0.0196. The molecule has 0 aliphatic carbocycles. The second kappa shape index (κ2) is 6.41. The topological polar surface area (TPSA) is 87.9 Å². The highest BCUT2D eigenvalue weighted by Gasteiger charge is 2.40. The molecule has 0 amide bonds.